The van der Waals surface area contributed by atoms with Crippen molar-refractivity contribution >= 4 is 51.2 Å². The van der Waals surface area contributed by atoms with E-state index in [-0.39, 0.29) is 40.4 Å². The quantitative estimate of drug-likeness (QED) is 0.238. The normalized spacial score (nSPS) is 19.0. The number of rotatable bonds is 3. The van der Waals surface area contributed by atoms with Crippen LogP contribution >= 0.6 is 11.6 Å². The molecule has 3 unspecified atom stereocenters. The molecule has 6 aromatic rings. The summed E-state index contributed by atoms with van der Waals surface area (Å²) in [6, 6.07) is 10.4. The second-order valence-corrected chi connectivity index (χ2v) is 12.6. The number of nitrogens with one attached hydrogen (secondary N) is 1. The number of nitrogens with zero attached hydrogens (tertiary/aromatic N) is 10. The average Bonchev–Trinajstić information content (AvgIpc) is 3.83. The van der Waals surface area contributed by atoms with Crippen molar-refractivity contribution in [1.82, 2.24) is 44.2 Å². The Morgan fingerprint density at radius 2 is 1.88 bits per heavy atom. The van der Waals surface area contributed by atoms with Crippen molar-refractivity contribution in [2.45, 2.75) is 51.9 Å². The molecule has 1 saturated heterocycles. The topological polar surface area (TPSA) is 152 Å². The monoisotopic (exact) mass is 713 g/mol. The van der Waals surface area contributed by atoms with Crippen LogP contribution < -0.4 is 10.2 Å². The van der Waals surface area contributed by atoms with Crippen LogP contribution in [0.2, 0.25) is 5.28 Å². The molecule has 7 heterocycles. The SMILES string of the molecule is CC.COC1CN(C)C(=O)C2CC(CN2c2nc(Cl)nc3c2cnn3-c2ccc(F)cc2O)Nc2cccc(n2)-c2nccc3nc(C)n(c23)C1. The van der Waals surface area contributed by atoms with E-state index in [1.807, 2.05) is 49.9 Å². The van der Waals surface area contributed by atoms with E-state index in [0.717, 1.165) is 22.9 Å². The zero-order chi connectivity index (χ0) is 36.0. The molecule has 1 amide bonds. The summed E-state index contributed by atoms with van der Waals surface area (Å²) in [4.78, 5) is 41.4. The number of aromatic nitrogens is 8. The molecule has 4 bridgehead atoms. The molecular formula is C35H37ClFN11O3. The molecule has 16 heteroatoms. The molecule has 0 radical (unpaired) electrons. The minimum Gasteiger partial charge on any atom is -0.506 e. The van der Waals surface area contributed by atoms with Gasteiger partial charge in [0.25, 0.3) is 0 Å². The molecule has 2 aliphatic rings. The molecule has 264 valence electrons. The Kier molecular flexibility index (Phi) is 9.16. The third-order valence-corrected chi connectivity index (χ3v) is 9.34. The van der Waals surface area contributed by atoms with Gasteiger partial charge in [-0.3, -0.25) is 9.78 Å². The van der Waals surface area contributed by atoms with Crippen LogP contribution in [0.3, 0.4) is 0 Å². The first-order valence-corrected chi connectivity index (χ1v) is 17.1. The number of methoxy groups -OCH3 is 1. The summed E-state index contributed by atoms with van der Waals surface area (Å²) in [5.41, 5.74) is 3.53. The number of anilines is 2. The predicted molar refractivity (Wildman–Crippen MR) is 192 cm³/mol. The molecule has 3 atom stereocenters. The number of hydrogen-bond acceptors (Lipinski definition) is 11. The van der Waals surface area contributed by atoms with E-state index in [0.29, 0.717) is 54.5 Å². The highest BCUT2D eigenvalue weighted by molar-refractivity contribution is 6.28. The molecule has 14 nitrogen and oxygen atoms in total. The average molecular weight is 714 g/mol. The molecule has 5 aromatic heterocycles. The third kappa shape index (κ3) is 6.16. The fourth-order valence-electron chi connectivity index (χ4n) is 6.87. The van der Waals surface area contributed by atoms with E-state index < -0.39 is 11.9 Å². The number of carbonyl (C=O) groups excluding carboxylic acids is 1. The van der Waals surface area contributed by atoms with Crippen molar-refractivity contribution in [1.29, 1.82) is 0 Å². The molecule has 8 rings (SSSR count). The summed E-state index contributed by atoms with van der Waals surface area (Å²) < 4.78 is 23.2. The van der Waals surface area contributed by atoms with Crippen LogP contribution in [-0.4, -0.2) is 101 Å². The van der Waals surface area contributed by atoms with Gasteiger partial charge < -0.3 is 29.5 Å². The number of phenolic OH excluding ortho intramolecular Hbond substituents is 1. The van der Waals surface area contributed by atoms with Gasteiger partial charge in [-0.05, 0) is 55.3 Å². The number of pyridine rings is 2. The van der Waals surface area contributed by atoms with Gasteiger partial charge in [-0.15, -0.1) is 0 Å². The van der Waals surface area contributed by atoms with Crippen LogP contribution in [0.25, 0.3) is 39.1 Å². The predicted octanol–water partition coefficient (Wildman–Crippen LogP) is 5.00. The maximum atomic E-state index is 14.4. The van der Waals surface area contributed by atoms with Crippen molar-refractivity contribution in [3.63, 3.8) is 0 Å². The molecule has 2 N–H and O–H groups in total. The fraction of sp³-hybridized carbons (Fsp3) is 0.343. The van der Waals surface area contributed by atoms with Crippen molar-refractivity contribution in [2.75, 3.05) is 37.5 Å². The van der Waals surface area contributed by atoms with Gasteiger partial charge in [0, 0.05) is 45.6 Å². The molecule has 1 fully saturated rings. The van der Waals surface area contributed by atoms with Crippen LogP contribution in [0.1, 0.15) is 26.1 Å². The summed E-state index contributed by atoms with van der Waals surface area (Å²) in [6.45, 7) is 7.05. The number of ether oxygens (including phenoxy) is 1. The Labute approximate surface area is 297 Å². The minimum atomic E-state index is -0.648. The van der Waals surface area contributed by atoms with Gasteiger partial charge in [0.1, 0.15) is 46.5 Å². The van der Waals surface area contributed by atoms with Crippen LogP contribution in [0.15, 0.2) is 54.9 Å². The second kappa shape index (κ2) is 13.7. The first kappa shape index (κ1) is 34.1. The zero-order valence-electron chi connectivity index (χ0n) is 28.7. The number of imidazole rings is 1. The summed E-state index contributed by atoms with van der Waals surface area (Å²) in [5, 5.41) is 18.9. The summed E-state index contributed by atoms with van der Waals surface area (Å²) >= 11 is 6.50. The van der Waals surface area contributed by atoms with E-state index >= 15 is 0 Å². The highest BCUT2D eigenvalue weighted by Crippen LogP contribution is 2.35. The van der Waals surface area contributed by atoms with Crippen molar-refractivity contribution in [3.8, 4) is 22.8 Å². The van der Waals surface area contributed by atoms with E-state index in [1.165, 1.54) is 16.8 Å². The number of halogens is 2. The lowest BCUT2D eigenvalue weighted by Crippen LogP contribution is -2.47. The minimum absolute atomic E-state index is 0.0778. The highest BCUT2D eigenvalue weighted by Gasteiger charge is 2.41. The van der Waals surface area contributed by atoms with Gasteiger partial charge in [0.15, 0.2) is 5.65 Å². The molecular weight excluding hydrogens is 677 g/mol. The van der Waals surface area contributed by atoms with Gasteiger partial charge in [-0.25, -0.2) is 19.0 Å². The molecule has 0 spiro atoms. The van der Waals surface area contributed by atoms with Gasteiger partial charge >= 0.3 is 0 Å². The first-order valence-electron chi connectivity index (χ1n) is 16.7. The Balaban J connectivity index is 0.00000200. The second-order valence-electron chi connectivity index (χ2n) is 12.3. The number of likely N-dealkylation sites (N-methyl/N-ethyl adjacent to an activating group) is 1. The van der Waals surface area contributed by atoms with E-state index in [9.17, 15) is 14.3 Å². The molecule has 51 heavy (non-hydrogen) atoms. The van der Waals surface area contributed by atoms with Crippen LogP contribution in [0, 0.1) is 12.7 Å². The molecule has 2 aliphatic heterocycles. The Morgan fingerprint density at radius 3 is 2.67 bits per heavy atom. The van der Waals surface area contributed by atoms with Gasteiger partial charge in [-0.2, -0.15) is 15.1 Å². The zero-order valence-corrected chi connectivity index (χ0v) is 29.5. The lowest BCUT2D eigenvalue weighted by molar-refractivity contribution is -0.132. The third-order valence-electron chi connectivity index (χ3n) is 9.17. The maximum absolute atomic E-state index is 14.4. The smallest absolute Gasteiger partial charge is 0.245 e. The molecule has 0 saturated carbocycles. The van der Waals surface area contributed by atoms with E-state index in [1.54, 1.807) is 31.5 Å². The Morgan fingerprint density at radius 1 is 1.06 bits per heavy atom. The number of amides is 1. The van der Waals surface area contributed by atoms with Crippen LogP contribution in [-0.2, 0) is 16.1 Å². The number of aryl methyl sites for hydroxylation is 1. The standard InChI is InChI=1S/C33H31ClFN11O3.C2H6/c1-17-38-23-9-10-36-28-22-5-4-6-27(40-22)39-19-12-25(32(48)43(2)15-20(49-3)16-44(17)29(23)28)45(14-19)30-21-13-37-46(31(21)42-33(34)41-30)24-8-7-18(35)11-26(24)47;1-2/h4-11,13,19-20,25,47H,12,14-16H2,1-3H3,(H,39,40);1-2H3. The number of fused-ring (bicyclic) bond motifs is 6. The summed E-state index contributed by atoms with van der Waals surface area (Å²) in [5.74, 6) is 0.775. The Hall–Kier alpha value is -5.41. The van der Waals surface area contributed by atoms with Gasteiger partial charge in [-0.1, -0.05) is 19.9 Å². The van der Waals surface area contributed by atoms with Crippen LogP contribution in [0.5, 0.6) is 5.75 Å². The number of carbonyl (C=O) groups is 1. The number of hydrogen-bond donors (Lipinski definition) is 2. The van der Waals surface area contributed by atoms with Crippen LogP contribution in [0.4, 0.5) is 16.0 Å². The number of aromatic hydroxyl groups is 1. The van der Waals surface area contributed by atoms with Gasteiger partial charge in [0.2, 0.25) is 11.2 Å². The van der Waals surface area contributed by atoms with Crippen molar-refractivity contribution in [2.24, 2.45) is 0 Å². The van der Waals surface area contributed by atoms with Gasteiger partial charge in [0.05, 0.1) is 41.0 Å². The lowest BCUT2D eigenvalue weighted by atomic mass is 10.1. The highest BCUT2D eigenvalue weighted by atomic mass is 35.5. The largest absolute Gasteiger partial charge is 0.506 e. The Bertz CT molecular complexity index is 2260. The number of benzene rings is 1. The fourth-order valence-corrected chi connectivity index (χ4v) is 7.03. The molecule has 1 aromatic carbocycles. The first-order chi connectivity index (χ1) is 24.7. The summed E-state index contributed by atoms with van der Waals surface area (Å²) in [6.07, 6.45) is 3.34. The maximum Gasteiger partial charge on any atom is 0.245 e. The number of phenols is 1. The van der Waals surface area contributed by atoms with Crippen molar-refractivity contribution in [3.05, 3.63) is 71.8 Å². The van der Waals surface area contributed by atoms with E-state index in [2.05, 4.69) is 25.0 Å². The lowest BCUT2D eigenvalue weighted by Gasteiger charge is -2.31. The van der Waals surface area contributed by atoms with E-state index in [4.69, 9.17) is 31.3 Å². The molecule has 0 aliphatic carbocycles. The van der Waals surface area contributed by atoms with Crippen molar-refractivity contribution < 1.29 is 19.0 Å². The summed E-state index contributed by atoms with van der Waals surface area (Å²) in [7, 11) is 3.40.